The van der Waals surface area contributed by atoms with Gasteiger partial charge in [0.15, 0.2) is 0 Å². The maximum Gasteiger partial charge on any atom is 0.249 e. The summed E-state index contributed by atoms with van der Waals surface area (Å²) < 4.78 is 0. The second-order valence-corrected chi connectivity index (χ2v) is 14.7. The molecule has 0 aliphatic carbocycles. The summed E-state index contributed by atoms with van der Waals surface area (Å²) in [5.41, 5.74) is -0.00196. The summed E-state index contributed by atoms with van der Waals surface area (Å²) in [5.74, 6) is -0.528. The number of hydrogen-bond acceptors (Lipinski definition) is 6. The molecule has 2 N–H and O–H groups in total. The number of piperidine rings is 1. The standard InChI is InChI=1S/C35H64N6O4/c1-12-39(13-2)22-19-36-31(42)27-18-16-21-41(27)33(44)26(7)23-29(24(3)4)38(11)34(45)30(35(8,9)10)37-32(43)28-17-14-15-20-40(28)25(5)6/h23-25,27-30H,12-22H2,1-11H3,(H,36,42)(H,37,43)/b26-23+/t27?,28?,29-,30?/m1/s1. The average Bonchev–Trinajstić information content (AvgIpc) is 3.48. The third-order valence-corrected chi connectivity index (χ3v) is 9.58. The van der Waals surface area contributed by atoms with E-state index in [0.717, 1.165) is 51.9 Å². The predicted molar refractivity (Wildman–Crippen MR) is 182 cm³/mol. The number of likely N-dealkylation sites (N-methyl/N-ethyl adjacent to an activating group) is 2. The first kappa shape index (κ1) is 38.7. The second-order valence-electron chi connectivity index (χ2n) is 14.7. The molecule has 3 unspecified atom stereocenters. The van der Waals surface area contributed by atoms with Crippen molar-refractivity contribution < 1.29 is 19.2 Å². The Morgan fingerprint density at radius 1 is 0.911 bits per heavy atom. The van der Waals surface area contributed by atoms with E-state index in [1.807, 2.05) is 40.7 Å². The lowest BCUT2D eigenvalue weighted by Gasteiger charge is -2.41. The fourth-order valence-electron chi connectivity index (χ4n) is 6.67. The monoisotopic (exact) mass is 632 g/mol. The van der Waals surface area contributed by atoms with E-state index in [1.165, 1.54) is 0 Å². The smallest absolute Gasteiger partial charge is 0.249 e. The van der Waals surface area contributed by atoms with Gasteiger partial charge in [-0.25, -0.2) is 0 Å². The van der Waals surface area contributed by atoms with Crippen molar-refractivity contribution in [1.29, 1.82) is 0 Å². The van der Waals surface area contributed by atoms with Crippen LogP contribution in [0, 0.1) is 11.3 Å². The fourth-order valence-corrected chi connectivity index (χ4v) is 6.67. The van der Waals surface area contributed by atoms with Crippen LogP contribution in [0.25, 0.3) is 0 Å². The molecule has 0 aromatic rings. The van der Waals surface area contributed by atoms with E-state index in [0.29, 0.717) is 25.1 Å². The minimum Gasteiger partial charge on any atom is -0.353 e. The number of carbonyl (C=O) groups excluding carboxylic acids is 4. The largest absolute Gasteiger partial charge is 0.353 e. The lowest BCUT2D eigenvalue weighted by atomic mass is 9.84. The van der Waals surface area contributed by atoms with Crippen LogP contribution in [0.3, 0.4) is 0 Å². The fraction of sp³-hybridized carbons (Fsp3) is 0.829. The molecule has 45 heavy (non-hydrogen) atoms. The van der Waals surface area contributed by atoms with Crippen molar-refractivity contribution in [2.75, 3.05) is 46.3 Å². The van der Waals surface area contributed by atoms with Crippen molar-refractivity contribution in [3.05, 3.63) is 11.6 Å². The van der Waals surface area contributed by atoms with Crippen LogP contribution in [-0.4, -0.2) is 120 Å². The van der Waals surface area contributed by atoms with Gasteiger partial charge in [-0.2, -0.15) is 0 Å². The molecular weight excluding hydrogens is 568 g/mol. The van der Waals surface area contributed by atoms with Gasteiger partial charge in [0, 0.05) is 38.3 Å². The van der Waals surface area contributed by atoms with Crippen molar-refractivity contribution in [1.82, 2.24) is 30.2 Å². The van der Waals surface area contributed by atoms with Crippen LogP contribution in [0.1, 0.15) is 101 Å². The Morgan fingerprint density at radius 3 is 2.09 bits per heavy atom. The molecule has 2 aliphatic rings. The number of rotatable bonds is 14. The molecule has 0 saturated carbocycles. The topological polar surface area (TPSA) is 105 Å². The lowest BCUT2D eigenvalue weighted by molar-refractivity contribution is -0.142. The molecular formula is C35H64N6O4. The van der Waals surface area contributed by atoms with Gasteiger partial charge in [0.25, 0.3) is 0 Å². The van der Waals surface area contributed by atoms with Crippen LogP contribution in [0.2, 0.25) is 0 Å². The van der Waals surface area contributed by atoms with Gasteiger partial charge in [-0.1, -0.05) is 61.0 Å². The maximum atomic E-state index is 14.1. The molecule has 4 atom stereocenters. The number of likely N-dealkylation sites (tertiary alicyclic amines) is 2. The van der Waals surface area contributed by atoms with Crippen LogP contribution in [0.5, 0.6) is 0 Å². The zero-order chi connectivity index (χ0) is 34.1. The summed E-state index contributed by atoms with van der Waals surface area (Å²) in [5, 5.41) is 6.17. The molecule has 2 aliphatic heterocycles. The number of nitrogens with zero attached hydrogens (tertiary/aromatic N) is 4. The Bertz CT molecular complexity index is 1030. The van der Waals surface area contributed by atoms with Crippen LogP contribution in [0.4, 0.5) is 0 Å². The summed E-state index contributed by atoms with van der Waals surface area (Å²) >= 11 is 0. The molecule has 2 heterocycles. The highest BCUT2D eigenvalue weighted by Crippen LogP contribution is 2.27. The molecule has 0 aromatic heterocycles. The summed E-state index contributed by atoms with van der Waals surface area (Å²) in [7, 11) is 1.76. The van der Waals surface area contributed by atoms with Gasteiger partial charge in [0.05, 0.1) is 12.1 Å². The summed E-state index contributed by atoms with van der Waals surface area (Å²) in [4.78, 5) is 62.3. The van der Waals surface area contributed by atoms with Crippen molar-refractivity contribution in [2.24, 2.45) is 11.3 Å². The van der Waals surface area contributed by atoms with Crippen molar-refractivity contribution >= 4 is 23.6 Å². The highest BCUT2D eigenvalue weighted by Gasteiger charge is 2.40. The van der Waals surface area contributed by atoms with E-state index in [-0.39, 0.29) is 47.7 Å². The highest BCUT2D eigenvalue weighted by molar-refractivity contribution is 5.97. The van der Waals surface area contributed by atoms with E-state index in [1.54, 1.807) is 23.8 Å². The Hall–Kier alpha value is -2.46. The van der Waals surface area contributed by atoms with Gasteiger partial charge in [-0.3, -0.25) is 24.1 Å². The van der Waals surface area contributed by atoms with E-state index < -0.39 is 17.5 Å². The average molecular weight is 633 g/mol. The minimum absolute atomic E-state index is 0.0190. The highest BCUT2D eigenvalue weighted by atomic mass is 16.2. The van der Waals surface area contributed by atoms with E-state index in [9.17, 15) is 19.2 Å². The molecule has 0 spiro atoms. The molecule has 0 radical (unpaired) electrons. The molecule has 10 heteroatoms. The van der Waals surface area contributed by atoms with Crippen LogP contribution in [0.15, 0.2) is 11.6 Å². The Kier molecular flexibility index (Phi) is 15.0. The van der Waals surface area contributed by atoms with Crippen LogP contribution < -0.4 is 10.6 Å². The Balaban J connectivity index is 2.20. The van der Waals surface area contributed by atoms with Gasteiger partial charge in [-0.05, 0) is 77.4 Å². The van der Waals surface area contributed by atoms with Gasteiger partial charge in [0.1, 0.15) is 12.1 Å². The van der Waals surface area contributed by atoms with E-state index in [2.05, 4.69) is 48.1 Å². The van der Waals surface area contributed by atoms with Gasteiger partial charge >= 0.3 is 0 Å². The third kappa shape index (κ3) is 10.5. The molecule has 10 nitrogen and oxygen atoms in total. The molecule has 258 valence electrons. The van der Waals surface area contributed by atoms with Crippen LogP contribution in [-0.2, 0) is 19.2 Å². The second kappa shape index (κ2) is 17.5. The Labute approximate surface area is 273 Å². The summed E-state index contributed by atoms with van der Waals surface area (Å²) in [6, 6.07) is -1.57. The quantitative estimate of drug-likeness (QED) is 0.284. The molecule has 4 amide bonds. The zero-order valence-electron chi connectivity index (χ0n) is 30.2. The first-order valence-electron chi connectivity index (χ1n) is 17.4. The van der Waals surface area contributed by atoms with Crippen molar-refractivity contribution in [2.45, 2.75) is 132 Å². The number of amides is 4. The number of nitrogens with one attached hydrogen (secondary N) is 2. The first-order valence-corrected chi connectivity index (χ1v) is 17.4. The molecule has 2 rings (SSSR count). The minimum atomic E-state index is -0.723. The Morgan fingerprint density at radius 2 is 1.53 bits per heavy atom. The molecule has 0 aromatic carbocycles. The molecule has 2 fully saturated rings. The third-order valence-electron chi connectivity index (χ3n) is 9.58. The summed E-state index contributed by atoms with van der Waals surface area (Å²) in [6.45, 7) is 24.8. The van der Waals surface area contributed by atoms with E-state index >= 15 is 0 Å². The normalized spacial score (nSPS) is 21.3. The maximum absolute atomic E-state index is 14.1. The van der Waals surface area contributed by atoms with Gasteiger partial charge in [0.2, 0.25) is 23.6 Å². The predicted octanol–water partition coefficient (Wildman–Crippen LogP) is 3.66. The van der Waals surface area contributed by atoms with Crippen LogP contribution >= 0.6 is 0 Å². The van der Waals surface area contributed by atoms with Gasteiger partial charge in [-0.15, -0.1) is 0 Å². The van der Waals surface area contributed by atoms with Crippen molar-refractivity contribution in [3.8, 4) is 0 Å². The summed E-state index contributed by atoms with van der Waals surface area (Å²) in [6.07, 6.45) is 6.15. The molecule has 2 saturated heterocycles. The van der Waals surface area contributed by atoms with Gasteiger partial charge < -0.3 is 25.3 Å². The zero-order valence-corrected chi connectivity index (χ0v) is 30.2. The first-order chi connectivity index (χ1) is 21.0. The molecule has 0 bridgehead atoms. The lowest BCUT2D eigenvalue weighted by Crippen LogP contribution is -2.60. The number of carbonyl (C=O) groups is 4. The SMILES string of the molecule is CCN(CC)CCNC(=O)C1CCCN1C(=O)/C(C)=C/[C@H](C(C)C)N(C)C(=O)C(NC(=O)C1CCCCN1C(C)C)C(C)(C)C. The van der Waals surface area contributed by atoms with E-state index in [4.69, 9.17) is 0 Å². The number of hydrogen-bond donors (Lipinski definition) is 2. The van der Waals surface area contributed by atoms with Crippen molar-refractivity contribution in [3.63, 3.8) is 0 Å².